The molecule has 2 atom stereocenters. The van der Waals surface area contributed by atoms with E-state index in [1.807, 2.05) is 13.2 Å². The lowest BCUT2D eigenvalue weighted by atomic mass is 10.0. The zero-order chi connectivity index (χ0) is 12.1. The van der Waals surface area contributed by atoms with Gasteiger partial charge in [0, 0.05) is 11.8 Å². The topological polar surface area (TPSA) is 42.7 Å². The van der Waals surface area contributed by atoms with E-state index in [0.29, 0.717) is 11.3 Å². The predicted molar refractivity (Wildman–Crippen MR) is 72.2 cm³/mol. The maximum absolute atomic E-state index is 4.19. The summed E-state index contributed by atoms with van der Waals surface area (Å²) in [5.41, 5.74) is 1.24. The number of nitrogens with one attached hydrogen (secondary N) is 1. The molecular formula is C12H22N4S. The van der Waals surface area contributed by atoms with E-state index in [-0.39, 0.29) is 0 Å². The van der Waals surface area contributed by atoms with Crippen LogP contribution in [0.5, 0.6) is 0 Å². The van der Waals surface area contributed by atoms with Gasteiger partial charge >= 0.3 is 0 Å². The quantitative estimate of drug-likeness (QED) is 0.875. The molecule has 0 aromatic carbocycles. The monoisotopic (exact) mass is 254 g/mol. The van der Waals surface area contributed by atoms with Gasteiger partial charge in [0.15, 0.2) is 0 Å². The van der Waals surface area contributed by atoms with Crippen molar-refractivity contribution in [1.29, 1.82) is 0 Å². The van der Waals surface area contributed by atoms with Crippen LogP contribution in [-0.4, -0.2) is 33.0 Å². The second-order valence-corrected chi connectivity index (χ2v) is 5.90. The van der Waals surface area contributed by atoms with Crippen LogP contribution < -0.4 is 5.32 Å². The maximum Gasteiger partial charge on any atom is 0.0767 e. The molecule has 0 saturated carbocycles. The highest BCUT2D eigenvalue weighted by Gasteiger charge is 2.27. The summed E-state index contributed by atoms with van der Waals surface area (Å²) < 4.78 is 2.05. The first-order valence-electron chi connectivity index (χ1n) is 6.54. The second-order valence-electron chi connectivity index (χ2n) is 4.55. The Kier molecular flexibility index (Phi) is 4.86. The number of aryl methyl sites for hydroxylation is 1. The summed E-state index contributed by atoms with van der Waals surface area (Å²) in [7, 11) is 2.04. The van der Waals surface area contributed by atoms with Crippen molar-refractivity contribution in [3.63, 3.8) is 0 Å². The third-order valence-electron chi connectivity index (χ3n) is 3.30. The summed E-state index contributed by atoms with van der Waals surface area (Å²) in [4.78, 5) is 0. The first-order chi connectivity index (χ1) is 8.36. The molecule has 5 heteroatoms. The van der Waals surface area contributed by atoms with Crippen molar-refractivity contribution in [2.24, 2.45) is 0 Å². The van der Waals surface area contributed by atoms with Gasteiger partial charge in [-0.2, -0.15) is 11.8 Å². The Morgan fingerprint density at radius 2 is 2.47 bits per heavy atom. The van der Waals surface area contributed by atoms with E-state index in [0.717, 1.165) is 13.0 Å². The molecule has 1 aromatic heterocycles. The number of rotatable bonds is 5. The molecule has 0 bridgehead atoms. The normalized spacial score (nSPS) is 22.6. The van der Waals surface area contributed by atoms with Gasteiger partial charge in [0.25, 0.3) is 0 Å². The van der Waals surface area contributed by atoms with Crippen LogP contribution in [0.3, 0.4) is 0 Å². The van der Waals surface area contributed by atoms with Gasteiger partial charge in [0.1, 0.15) is 0 Å². The van der Waals surface area contributed by atoms with Gasteiger partial charge in [-0.25, -0.2) is 4.68 Å². The van der Waals surface area contributed by atoms with Crippen molar-refractivity contribution in [1.82, 2.24) is 20.3 Å². The molecular weight excluding hydrogens is 232 g/mol. The molecule has 0 radical (unpaired) electrons. The molecule has 2 unspecified atom stereocenters. The minimum Gasteiger partial charge on any atom is -0.311 e. The smallest absolute Gasteiger partial charge is 0.0767 e. The van der Waals surface area contributed by atoms with E-state index in [2.05, 4.69) is 39.0 Å². The fourth-order valence-electron chi connectivity index (χ4n) is 2.44. The fourth-order valence-corrected chi connectivity index (χ4v) is 3.92. The van der Waals surface area contributed by atoms with Crippen LogP contribution in [0.4, 0.5) is 0 Å². The minimum absolute atomic E-state index is 0.391. The summed E-state index contributed by atoms with van der Waals surface area (Å²) >= 11 is 2.09. The molecule has 1 fully saturated rings. The Balaban J connectivity index is 2.12. The fraction of sp³-hybridized carbons (Fsp3) is 0.833. The van der Waals surface area contributed by atoms with Crippen molar-refractivity contribution in [3.05, 3.63) is 11.9 Å². The highest BCUT2D eigenvalue weighted by Crippen LogP contribution is 2.34. The average Bonchev–Trinajstić information content (AvgIpc) is 2.81. The van der Waals surface area contributed by atoms with Crippen molar-refractivity contribution in [3.8, 4) is 0 Å². The second kappa shape index (κ2) is 6.40. The van der Waals surface area contributed by atoms with E-state index >= 15 is 0 Å². The lowest BCUT2D eigenvalue weighted by Gasteiger charge is -2.29. The lowest BCUT2D eigenvalue weighted by molar-refractivity contribution is 0.460. The van der Waals surface area contributed by atoms with Gasteiger partial charge in [-0.3, -0.25) is 0 Å². The molecule has 1 aliphatic rings. The number of nitrogens with zero attached hydrogens (tertiary/aromatic N) is 3. The molecule has 2 heterocycles. The van der Waals surface area contributed by atoms with Crippen molar-refractivity contribution in [2.75, 3.05) is 12.8 Å². The zero-order valence-corrected chi connectivity index (χ0v) is 11.5. The molecule has 0 spiro atoms. The number of thioether (sulfide) groups is 1. The average molecular weight is 254 g/mol. The van der Waals surface area contributed by atoms with Crippen LogP contribution >= 0.6 is 11.8 Å². The molecule has 17 heavy (non-hydrogen) atoms. The van der Waals surface area contributed by atoms with Crippen LogP contribution in [0.2, 0.25) is 0 Å². The Bertz CT molecular complexity index is 333. The van der Waals surface area contributed by atoms with E-state index < -0.39 is 0 Å². The molecule has 4 nitrogen and oxygen atoms in total. The van der Waals surface area contributed by atoms with Gasteiger partial charge in [0.05, 0.1) is 17.9 Å². The molecule has 1 saturated heterocycles. The molecule has 96 valence electrons. The van der Waals surface area contributed by atoms with E-state index in [1.165, 1.54) is 30.7 Å². The minimum atomic E-state index is 0.391. The van der Waals surface area contributed by atoms with Gasteiger partial charge in [0.2, 0.25) is 0 Å². The summed E-state index contributed by atoms with van der Waals surface area (Å²) in [6, 6.07) is 0.391. The van der Waals surface area contributed by atoms with E-state index in [9.17, 15) is 0 Å². The summed E-state index contributed by atoms with van der Waals surface area (Å²) in [6.45, 7) is 3.14. The molecule has 0 amide bonds. The summed E-state index contributed by atoms with van der Waals surface area (Å²) in [5.74, 6) is 1.29. The van der Waals surface area contributed by atoms with Crippen LogP contribution in [-0.2, 0) is 6.54 Å². The zero-order valence-electron chi connectivity index (χ0n) is 10.7. The van der Waals surface area contributed by atoms with E-state index in [4.69, 9.17) is 0 Å². The van der Waals surface area contributed by atoms with Crippen LogP contribution in [0.15, 0.2) is 6.20 Å². The standard InChI is InChI=1S/C12H22N4S/c1-3-7-16-10(9-14-15-16)12(13-2)11-6-4-5-8-17-11/h9,11-13H,3-8H2,1-2H3. The molecule has 1 aromatic rings. The van der Waals surface area contributed by atoms with Crippen LogP contribution in [0.1, 0.15) is 44.3 Å². The van der Waals surface area contributed by atoms with Crippen molar-refractivity contribution >= 4 is 11.8 Å². The van der Waals surface area contributed by atoms with Gasteiger partial charge in [-0.1, -0.05) is 18.6 Å². The molecule has 0 aliphatic carbocycles. The summed E-state index contributed by atoms with van der Waals surface area (Å²) in [5, 5.41) is 12.4. The predicted octanol–water partition coefficient (Wildman–Crippen LogP) is 2.23. The Hall–Kier alpha value is -0.550. The van der Waals surface area contributed by atoms with Gasteiger partial charge in [-0.15, -0.1) is 5.10 Å². The number of hydrogen-bond acceptors (Lipinski definition) is 4. The Morgan fingerprint density at radius 3 is 3.12 bits per heavy atom. The third-order valence-corrected chi connectivity index (χ3v) is 4.76. The maximum atomic E-state index is 4.19. The first-order valence-corrected chi connectivity index (χ1v) is 7.59. The van der Waals surface area contributed by atoms with Crippen LogP contribution in [0, 0.1) is 0 Å². The van der Waals surface area contributed by atoms with E-state index in [1.54, 1.807) is 0 Å². The number of hydrogen-bond donors (Lipinski definition) is 1. The molecule has 1 N–H and O–H groups in total. The molecule has 1 aliphatic heterocycles. The van der Waals surface area contributed by atoms with Crippen molar-refractivity contribution < 1.29 is 0 Å². The highest BCUT2D eigenvalue weighted by atomic mass is 32.2. The SMILES string of the molecule is CCCn1nncc1C(NC)C1CCCCS1. The molecule has 2 rings (SSSR count). The van der Waals surface area contributed by atoms with Gasteiger partial charge < -0.3 is 5.32 Å². The number of aromatic nitrogens is 3. The van der Waals surface area contributed by atoms with Crippen LogP contribution in [0.25, 0.3) is 0 Å². The third kappa shape index (κ3) is 3.01. The largest absolute Gasteiger partial charge is 0.311 e. The lowest BCUT2D eigenvalue weighted by Crippen LogP contribution is -2.31. The Labute approximate surface area is 108 Å². The van der Waals surface area contributed by atoms with Gasteiger partial charge in [-0.05, 0) is 32.1 Å². The summed E-state index contributed by atoms with van der Waals surface area (Å²) in [6.07, 6.45) is 7.04. The highest BCUT2D eigenvalue weighted by molar-refractivity contribution is 8.00. The Morgan fingerprint density at radius 1 is 1.59 bits per heavy atom. The van der Waals surface area contributed by atoms with Crippen molar-refractivity contribution in [2.45, 2.75) is 50.4 Å². The first kappa shape index (κ1) is 12.9.